The third-order valence-electron chi connectivity index (χ3n) is 5.39. The Morgan fingerprint density at radius 2 is 1.96 bits per heavy atom. The van der Waals surface area contributed by atoms with Crippen LogP contribution in [0.2, 0.25) is 0 Å². The van der Waals surface area contributed by atoms with Gasteiger partial charge >= 0.3 is 0 Å². The number of rotatable bonds is 6. The van der Waals surface area contributed by atoms with Crippen LogP contribution < -0.4 is 15.4 Å². The number of benzene rings is 1. The highest BCUT2D eigenvalue weighted by atomic mass is 16.5. The van der Waals surface area contributed by atoms with Gasteiger partial charge in [-0.15, -0.1) is 0 Å². The highest BCUT2D eigenvalue weighted by Gasteiger charge is 2.24. The summed E-state index contributed by atoms with van der Waals surface area (Å²) in [5.41, 5.74) is 0.840. The molecule has 0 bridgehead atoms. The topological polar surface area (TPSA) is 56.8 Å². The maximum atomic E-state index is 12.4. The Morgan fingerprint density at radius 1 is 1.23 bits per heavy atom. The van der Waals surface area contributed by atoms with Crippen molar-refractivity contribution >= 4 is 11.6 Å². The van der Waals surface area contributed by atoms with Crippen LogP contribution in [0.1, 0.15) is 19.8 Å². The Kier molecular flexibility index (Phi) is 6.88. The number of nitrogens with zero attached hydrogens (tertiary/aromatic N) is 2. The van der Waals surface area contributed by atoms with Gasteiger partial charge in [0.1, 0.15) is 12.4 Å². The lowest BCUT2D eigenvalue weighted by Crippen LogP contribution is -2.45. The molecule has 2 atom stereocenters. The van der Waals surface area contributed by atoms with Crippen molar-refractivity contribution in [2.75, 3.05) is 58.2 Å². The van der Waals surface area contributed by atoms with Crippen molar-refractivity contribution in [3.8, 4) is 5.75 Å². The first-order valence-electron chi connectivity index (χ1n) is 9.78. The summed E-state index contributed by atoms with van der Waals surface area (Å²) in [6.07, 6.45) is 1.81. The number of anilines is 1. The van der Waals surface area contributed by atoms with Gasteiger partial charge in [0.2, 0.25) is 5.91 Å². The molecule has 0 spiro atoms. The van der Waals surface area contributed by atoms with Gasteiger partial charge in [-0.1, -0.05) is 0 Å². The number of carbonyl (C=O) groups excluding carboxylic acids is 1. The number of piperidine rings is 1. The van der Waals surface area contributed by atoms with E-state index in [-0.39, 0.29) is 11.8 Å². The number of carbonyl (C=O) groups is 1. The van der Waals surface area contributed by atoms with E-state index in [0.717, 1.165) is 63.5 Å². The summed E-state index contributed by atoms with van der Waals surface area (Å²) in [7, 11) is 2.17. The molecular formula is C20H32N4O2. The molecule has 6 nitrogen and oxygen atoms in total. The Hall–Kier alpha value is -1.63. The molecule has 2 aliphatic rings. The van der Waals surface area contributed by atoms with Crippen molar-refractivity contribution in [2.45, 2.75) is 25.8 Å². The van der Waals surface area contributed by atoms with Crippen LogP contribution in [0.3, 0.4) is 0 Å². The van der Waals surface area contributed by atoms with Crippen LogP contribution in [-0.4, -0.2) is 74.7 Å². The van der Waals surface area contributed by atoms with Gasteiger partial charge in [-0.25, -0.2) is 0 Å². The number of piperazine rings is 1. The molecule has 0 radical (unpaired) electrons. The Bertz CT molecular complexity index is 570. The molecule has 2 N–H and O–H groups in total. The highest BCUT2D eigenvalue weighted by Crippen LogP contribution is 2.20. The van der Waals surface area contributed by atoms with Gasteiger partial charge in [-0.3, -0.25) is 9.69 Å². The fourth-order valence-corrected chi connectivity index (χ4v) is 3.61. The fourth-order valence-electron chi connectivity index (χ4n) is 3.61. The molecule has 0 unspecified atom stereocenters. The minimum absolute atomic E-state index is 0.103. The smallest absolute Gasteiger partial charge is 0.227 e. The normalized spacial score (nSPS) is 25.0. The second kappa shape index (κ2) is 9.35. The molecule has 1 amide bonds. The van der Waals surface area contributed by atoms with Gasteiger partial charge < -0.3 is 20.3 Å². The first-order chi connectivity index (χ1) is 12.6. The number of likely N-dealkylation sites (N-methyl/N-ethyl adjacent to an activating group) is 1. The maximum Gasteiger partial charge on any atom is 0.227 e. The first kappa shape index (κ1) is 19.1. The van der Waals surface area contributed by atoms with E-state index >= 15 is 0 Å². The zero-order chi connectivity index (χ0) is 18.4. The second-order valence-electron chi connectivity index (χ2n) is 7.58. The number of amides is 1. The van der Waals surface area contributed by atoms with E-state index in [1.807, 2.05) is 24.3 Å². The van der Waals surface area contributed by atoms with E-state index in [4.69, 9.17) is 4.74 Å². The maximum absolute atomic E-state index is 12.4. The number of ether oxygens (including phenoxy) is 1. The molecule has 2 aliphatic heterocycles. The lowest BCUT2D eigenvalue weighted by molar-refractivity contribution is -0.120. The van der Waals surface area contributed by atoms with Crippen molar-refractivity contribution in [1.82, 2.24) is 15.1 Å². The predicted octanol–water partition coefficient (Wildman–Crippen LogP) is 1.64. The molecule has 2 fully saturated rings. The Labute approximate surface area is 156 Å². The zero-order valence-corrected chi connectivity index (χ0v) is 16.0. The van der Waals surface area contributed by atoms with Gasteiger partial charge in [0.05, 0.1) is 0 Å². The van der Waals surface area contributed by atoms with E-state index < -0.39 is 0 Å². The van der Waals surface area contributed by atoms with E-state index in [9.17, 15) is 4.79 Å². The van der Waals surface area contributed by atoms with E-state index in [1.165, 1.54) is 0 Å². The number of hydrogen-bond acceptors (Lipinski definition) is 5. The Morgan fingerprint density at radius 3 is 2.65 bits per heavy atom. The third kappa shape index (κ3) is 5.69. The number of nitrogens with one attached hydrogen (secondary N) is 2. The summed E-state index contributed by atoms with van der Waals surface area (Å²) < 4.78 is 5.85. The largest absolute Gasteiger partial charge is 0.492 e. The fraction of sp³-hybridized carbons (Fsp3) is 0.650. The molecule has 1 aromatic carbocycles. The zero-order valence-electron chi connectivity index (χ0n) is 16.0. The van der Waals surface area contributed by atoms with Gasteiger partial charge in [0, 0.05) is 50.4 Å². The SMILES string of the molecule is C[C@H]1C[C@@H](C(=O)Nc2ccc(OCCN3CCN(C)CC3)cc2)CCN1. The van der Waals surface area contributed by atoms with Gasteiger partial charge in [0.25, 0.3) is 0 Å². The van der Waals surface area contributed by atoms with Crippen molar-refractivity contribution in [3.05, 3.63) is 24.3 Å². The van der Waals surface area contributed by atoms with Crippen LogP contribution in [0.15, 0.2) is 24.3 Å². The van der Waals surface area contributed by atoms with Crippen LogP contribution in [0.25, 0.3) is 0 Å². The standard InChI is InChI=1S/C20H32N4O2/c1-16-15-17(7-8-21-16)20(25)22-18-3-5-19(6-4-18)26-14-13-24-11-9-23(2)10-12-24/h3-6,16-17,21H,7-15H2,1-2H3,(H,22,25)/t16-,17-/m0/s1. The van der Waals surface area contributed by atoms with Crippen LogP contribution in [0, 0.1) is 5.92 Å². The van der Waals surface area contributed by atoms with Crippen molar-refractivity contribution < 1.29 is 9.53 Å². The quantitative estimate of drug-likeness (QED) is 0.808. The average Bonchev–Trinajstić information content (AvgIpc) is 2.65. The molecule has 0 aromatic heterocycles. The van der Waals surface area contributed by atoms with Crippen molar-refractivity contribution in [2.24, 2.45) is 5.92 Å². The van der Waals surface area contributed by atoms with E-state index in [0.29, 0.717) is 12.6 Å². The monoisotopic (exact) mass is 360 g/mol. The third-order valence-corrected chi connectivity index (χ3v) is 5.39. The first-order valence-corrected chi connectivity index (χ1v) is 9.78. The molecule has 6 heteroatoms. The van der Waals surface area contributed by atoms with Crippen LogP contribution in [0.5, 0.6) is 5.75 Å². The molecule has 0 saturated carbocycles. The summed E-state index contributed by atoms with van der Waals surface area (Å²) >= 11 is 0. The lowest BCUT2D eigenvalue weighted by atomic mass is 9.92. The van der Waals surface area contributed by atoms with Crippen LogP contribution in [-0.2, 0) is 4.79 Å². The molecule has 1 aromatic rings. The molecular weight excluding hydrogens is 328 g/mol. The minimum Gasteiger partial charge on any atom is -0.492 e. The molecule has 26 heavy (non-hydrogen) atoms. The summed E-state index contributed by atoms with van der Waals surface area (Å²) in [6, 6.07) is 8.13. The van der Waals surface area contributed by atoms with Crippen LogP contribution in [0.4, 0.5) is 5.69 Å². The summed E-state index contributed by atoms with van der Waals surface area (Å²) in [4.78, 5) is 17.2. The van der Waals surface area contributed by atoms with Gasteiger partial charge in [0.15, 0.2) is 0 Å². The van der Waals surface area contributed by atoms with Crippen molar-refractivity contribution in [1.29, 1.82) is 0 Å². The lowest BCUT2D eigenvalue weighted by Gasteiger charge is -2.32. The average molecular weight is 361 g/mol. The van der Waals surface area contributed by atoms with Gasteiger partial charge in [-0.2, -0.15) is 0 Å². The summed E-state index contributed by atoms with van der Waals surface area (Å²) in [5, 5.41) is 6.42. The predicted molar refractivity (Wildman–Crippen MR) is 105 cm³/mol. The van der Waals surface area contributed by atoms with E-state index in [1.54, 1.807) is 0 Å². The highest BCUT2D eigenvalue weighted by molar-refractivity contribution is 5.92. The molecule has 2 saturated heterocycles. The molecule has 144 valence electrons. The summed E-state index contributed by atoms with van der Waals surface area (Å²) in [6.45, 7) is 9.18. The number of hydrogen-bond donors (Lipinski definition) is 2. The second-order valence-corrected chi connectivity index (χ2v) is 7.58. The van der Waals surface area contributed by atoms with E-state index in [2.05, 4.69) is 34.4 Å². The molecule has 2 heterocycles. The minimum atomic E-state index is 0.103. The molecule has 3 rings (SSSR count). The molecule has 0 aliphatic carbocycles. The van der Waals surface area contributed by atoms with Gasteiger partial charge in [-0.05, 0) is 57.6 Å². The Balaban J connectivity index is 1.39. The van der Waals surface area contributed by atoms with Crippen molar-refractivity contribution in [3.63, 3.8) is 0 Å². The summed E-state index contributed by atoms with van der Waals surface area (Å²) in [5.74, 6) is 1.08. The van der Waals surface area contributed by atoms with Crippen LogP contribution >= 0.6 is 0 Å².